The molecule has 0 unspecified atom stereocenters. The van der Waals surface area contributed by atoms with Gasteiger partial charge in [-0.05, 0) is 36.2 Å². The van der Waals surface area contributed by atoms with Gasteiger partial charge in [0.1, 0.15) is 24.3 Å². The summed E-state index contributed by atoms with van der Waals surface area (Å²) in [4.78, 5) is 23.8. The summed E-state index contributed by atoms with van der Waals surface area (Å²) >= 11 is 0. The number of aryl methyl sites for hydroxylation is 1. The average molecular weight is 333 g/mol. The third-order valence-corrected chi connectivity index (χ3v) is 4.24. The first-order valence-electron chi connectivity index (χ1n) is 7.71. The molecule has 0 atom stereocenters. The molecule has 0 aliphatic rings. The number of benzene rings is 1. The minimum atomic E-state index is -0.938. The van der Waals surface area contributed by atoms with Gasteiger partial charge >= 0.3 is 5.97 Å². The molecule has 3 heterocycles. The molecule has 0 amide bonds. The summed E-state index contributed by atoms with van der Waals surface area (Å²) in [6.45, 7) is 1.76. The molecule has 0 saturated carbocycles. The van der Waals surface area contributed by atoms with Gasteiger partial charge in [-0.25, -0.2) is 9.97 Å². The highest BCUT2D eigenvalue weighted by Crippen LogP contribution is 2.35. The van der Waals surface area contributed by atoms with Crippen molar-refractivity contribution in [3.63, 3.8) is 0 Å². The van der Waals surface area contributed by atoms with Gasteiger partial charge in [0.2, 0.25) is 0 Å². The summed E-state index contributed by atoms with van der Waals surface area (Å²) in [6, 6.07) is 7.85. The van der Waals surface area contributed by atoms with E-state index in [1.54, 1.807) is 17.0 Å². The van der Waals surface area contributed by atoms with Gasteiger partial charge < -0.3 is 15.4 Å². The Hall–Kier alpha value is -3.48. The summed E-state index contributed by atoms with van der Waals surface area (Å²) < 4.78 is 1.67. The predicted octanol–water partition coefficient (Wildman–Crippen LogP) is 2.62. The Morgan fingerprint density at radius 2 is 2.12 bits per heavy atom. The third kappa shape index (κ3) is 2.37. The van der Waals surface area contributed by atoms with Crippen molar-refractivity contribution in [2.45, 2.75) is 13.5 Å². The predicted molar refractivity (Wildman–Crippen MR) is 95.1 cm³/mol. The van der Waals surface area contributed by atoms with Crippen LogP contribution < -0.4 is 5.73 Å². The number of pyridine rings is 1. The standard InChI is InChI=1S/C18H15N5O2/c1-10-5-12(11-3-2-4-20-7-11)6-13-15-17(19)21-9-22-18(15)23(16(10)13)8-14(24)25/h2-7,9H,8H2,1H3,(H,24,25)(H2,19,21,22). The van der Waals surface area contributed by atoms with Crippen LogP contribution in [-0.4, -0.2) is 30.6 Å². The molecule has 7 nitrogen and oxygen atoms in total. The van der Waals surface area contributed by atoms with Crippen molar-refractivity contribution in [1.82, 2.24) is 19.5 Å². The quantitative estimate of drug-likeness (QED) is 0.597. The molecule has 4 rings (SSSR count). The summed E-state index contributed by atoms with van der Waals surface area (Å²) in [5.41, 5.74) is 10.3. The van der Waals surface area contributed by atoms with Crippen LogP contribution in [0.3, 0.4) is 0 Å². The van der Waals surface area contributed by atoms with E-state index in [1.807, 2.05) is 31.2 Å². The van der Waals surface area contributed by atoms with Crippen LogP contribution in [0.25, 0.3) is 33.1 Å². The zero-order chi connectivity index (χ0) is 17.6. The summed E-state index contributed by atoms with van der Waals surface area (Å²) in [5, 5.41) is 10.8. The van der Waals surface area contributed by atoms with Crippen molar-refractivity contribution in [2.75, 3.05) is 5.73 Å². The monoisotopic (exact) mass is 333 g/mol. The van der Waals surface area contributed by atoms with Gasteiger partial charge in [0.15, 0.2) is 0 Å². The summed E-state index contributed by atoms with van der Waals surface area (Å²) in [7, 11) is 0. The Labute approximate surface area is 142 Å². The summed E-state index contributed by atoms with van der Waals surface area (Å²) in [5.74, 6) is -0.603. The Balaban J connectivity index is 2.13. The van der Waals surface area contributed by atoms with Gasteiger partial charge in [-0.1, -0.05) is 6.07 Å². The van der Waals surface area contributed by atoms with Gasteiger partial charge in [-0.2, -0.15) is 0 Å². The van der Waals surface area contributed by atoms with E-state index in [2.05, 4.69) is 15.0 Å². The lowest BCUT2D eigenvalue weighted by Gasteiger charge is -2.08. The van der Waals surface area contributed by atoms with Crippen LogP contribution in [0.15, 0.2) is 43.0 Å². The van der Waals surface area contributed by atoms with Crippen molar-refractivity contribution in [1.29, 1.82) is 0 Å². The fourth-order valence-corrected chi connectivity index (χ4v) is 3.28. The minimum absolute atomic E-state index is 0.191. The van der Waals surface area contributed by atoms with Crippen LogP contribution >= 0.6 is 0 Å². The van der Waals surface area contributed by atoms with Crippen LogP contribution in [0.1, 0.15) is 5.56 Å². The minimum Gasteiger partial charge on any atom is -0.480 e. The van der Waals surface area contributed by atoms with E-state index in [1.165, 1.54) is 6.33 Å². The number of hydrogen-bond donors (Lipinski definition) is 2. The van der Waals surface area contributed by atoms with Crippen molar-refractivity contribution in [3.8, 4) is 11.1 Å². The number of carboxylic acids is 1. The van der Waals surface area contributed by atoms with Gasteiger partial charge in [0.05, 0.1) is 10.9 Å². The Kier molecular flexibility index (Phi) is 3.35. The maximum atomic E-state index is 11.3. The molecule has 0 aliphatic heterocycles. The first-order chi connectivity index (χ1) is 12.1. The number of carboxylic acid groups (broad SMARTS) is 1. The van der Waals surface area contributed by atoms with Crippen LogP contribution in [0.4, 0.5) is 5.82 Å². The zero-order valence-corrected chi connectivity index (χ0v) is 13.5. The highest BCUT2D eigenvalue weighted by molar-refractivity contribution is 6.13. The number of anilines is 1. The lowest BCUT2D eigenvalue weighted by Crippen LogP contribution is -2.09. The second kappa shape index (κ2) is 5.55. The Morgan fingerprint density at radius 1 is 1.28 bits per heavy atom. The lowest BCUT2D eigenvalue weighted by atomic mass is 10.0. The average Bonchev–Trinajstić information content (AvgIpc) is 2.91. The van der Waals surface area contributed by atoms with E-state index in [9.17, 15) is 9.90 Å². The maximum Gasteiger partial charge on any atom is 0.323 e. The van der Waals surface area contributed by atoms with Gasteiger partial charge in [-0.3, -0.25) is 9.78 Å². The normalized spacial score (nSPS) is 11.2. The molecule has 4 aromatic rings. The molecule has 0 saturated heterocycles. The SMILES string of the molecule is Cc1cc(-c2cccnc2)cc2c3c(N)ncnc3n(CC(=O)O)c12. The van der Waals surface area contributed by atoms with Crippen LogP contribution in [-0.2, 0) is 11.3 Å². The molecule has 3 N–H and O–H groups in total. The fraction of sp³-hybridized carbons (Fsp3) is 0.111. The number of aromatic nitrogens is 4. The van der Waals surface area contributed by atoms with E-state index >= 15 is 0 Å². The van der Waals surface area contributed by atoms with Crippen molar-refractivity contribution >= 4 is 33.7 Å². The van der Waals surface area contributed by atoms with Crippen LogP contribution in [0, 0.1) is 6.92 Å². The van der Waals surface area contributed by atoms with E-state index < -0.39 is 5.97 Å². The number of aliphatic carboxylic acids is 1. The molecule has 124 valence electrons. The molecule has 0 spiro atoms. The number of fused-ring (bicyclic) bond motifs is 3. The molecule has 0 fully saturated rings. The molecule has 3 aromatic heterocycles. The molecule has 0 radical (unpaired) electrons. The van der Waals surface area contributed by atoms with Crippen molar-refractivity contribution < 1.29 is 9.90 Å². The van der Waals surface area contributed by atoms with E-state index in [4.69, 9.17) is 5.73 Å². The van der Waals surface area contributed by atoms with Gasteiger partial charge in [0, 0.05) is 23.3 Å². The largest absolute Gasteiger partial charge is 0.480 e. The summed E-state index contributed by atoms with van der Waals surface area (Å²) in [6.07, 6.45) is 4.86. The second-order valence-electron chi connectivity index (χ2n) is 5.87. The molecular weight excluding hydrogens is 318 g/mol. The van der Waals surface area contributed by atoms with Gasteiger partial charge in [0.25, 0.3) is 0 Å². The lowest BCUT2D eigenvalue weighted by molar-refractivity contribution is -0.137. The number of rotatable bonds is 3. The molecule has 1 aromatic carbocycles. The third-order valence-electron chi connectivity index (χ3n) is 4.24. The number of nitrogen functional groups attached to an aromatic ring is 1. The van der Waals surface area contributed by atoms with E-state index in [0.717, 1.165) is 27.6 Å². The maximum absolute atomic E-state index is 11.3. The zero-order valence-electron chi connectivity index (χ0n) is 13.5. The first kappa shape index (κ1) is 15.1. The van der Waals surface area contributed by atoms with Crippen molar-refractivity contribution in [2.24, 2.45) is 0 Å². The van der Waals surface area contributed by atoms with Crippen LogP contribution in [0.2, 0.25) is 0 Å². The second-order valence-corrected chi connectivity index (χ2v) is 5.87. The molecule has 0 aliphatic carbocycles. The first-order valence-corrected chi connectivity index (χ1v) is 7.71. The van der Waals surface area contributed by atoms with E-state index in [-0.39, 0.29) is 6.54 Å². The smallest absolute Gasteiger partial charge is 0.323 e. The van der Waals surface area contributed by atoms with Gasteiger partial charge in [-0.15, -0.1) is 0 Å². The highest BCUT2D eigenvalue weighted by Gasteiger charge is 2.19. The van der Waals surface area contributed by atoms with Crippen LogP contribution in [0.5, 0.6) is 0 Å². The molecule has 25 heavy (non-hydrogen) atoms. The Morgan fingerprint density at radius 3 is 2.84 bits per heavy atom. The molecular formula is C18H15N5O2. The molecule has 0 bridgehead atoms. The number of carbonyl (C=O) groups is 1. The van der Waals surface area contributed by atoms with Crippen molar-refractivity contribution in [3.05, 3.63) is 48.5 Å². The topological polar surface area (TPSA) is 107 Å². The molecule has 7 heteroatoms. The van der Waals surface area contributed by atoms with E-state index in [0.29, 0.717) is 16.9 Å². The number of hydrogen-bond acceptors (Lipinski definition) is 5. The number of nitrogens with two attached hydrogens (primary N) is 1. The highest BCUT2D eigenvalue weighted by atomic mass is 16.4. The fourth-order valence-electron chi connectivity index (χ4n) is 3.28. The Bertz CT molecular complexity index is 1120. The number of nitrogens with zero attached hydrogens (tertiary/aromatic N) is 4.